The van der Waals surface area contributed by atoms with E-state index in [4.69, 9.17) is 14.2 Å². The molecule has 3 rings (SSSR count). The summed E-state index contributed by atoms with van der Waals surface area (Å²) in [6.45, 7) is 4.62. The van der Waals surface area contributed by atoms with Gasteiger partial charge in [0, 0.05) is 20.0 Å². The number of carbonyl (C=O) groups excluding carboxylic acids is 2. The van der Waals surface area contributed by atoms with Crippen LogP contribution in [0.1, 0.15) is 51.5 Å². The second-order valence-corrected chi connectivity index (χ2v) is 9.66. The molecule has 1 saturated heterocycles. The predicted molar refractivity (Wildman–Crippen MR) is 151 cm³/mol. The van der Waals surface area contributed by atoms with Gasteiger partial charge in [0.05, 0.1) is 21.3 Å². The fourth-order valence-corrected chi connectivity index (χ4v) is 4.99. The summed E-state index contributed by atoms with van der Waals surface area (Å²) < 4.78 is 16.4. The number of benzene rings is 2. The van der Waals surface area contributed by atoms with Crippen molar-refractivity contribution in [1.82, 2.24) is 9.80 Å². The first-order valence-electron chi connectivity index (χ1n) is 13.5. The van der Waals surface area contributed by atoms with Gasteiger partial charge in [-0.3, -0.25) is 9.59 Å². The average molecular weight is 523 g/mol. The number of piperazine rings is 1. The average Bonchev–Trinajstić information content (AvgIpc) is 2.95. The number of unbranched alkanes of at least 4 members (excludes halogenated alkanes) is 3. The molecule has 1 fully saturated rings. The zero-order valence-corrected chi connectivity index (χ0v) is 23.7. The van der Waals surface area contributed by atoms with Gasteiger partial charge in [-0.25, -0.2) is 0 Å². The third-order valence-corrected chi connectivity index (χ3v) is 7.26. The largest absolute Gasteiger partial charge is 0.493 e. The molecule has 38 heavy (non-hydrogen) atoms. The number of hydrogen-bond donors (Lipinski definition) is 0. The second-order valence-electron chi connectivity index (χ2n) is 9.66. The lowest BCUT2D eigenvalue weighted by atomic mass is 9.95. The number of allylic oxidation sites excluding steroid dienone is 1. The molecule has 0 aliphatic carbocycles. The highest BCUT2D eigenvalue weighted by Gasteiger charge is 2.42. The van der Waals surface area contributed by atoms with Crippen LogP contribution >= 0.6 is 0 Å². The quantitative estimate of drug-likeness (QED) is 0.256. The Balaban J connectivity index is 1.78. The Bertz CT molecular complexity index is 1090. The maximum absolute atomic E-state index is 13.6. The molecule has 0 saturated carbocycles. The lowest BCUT2D eigenvalue weighted by molar-refractivity contribution is -0.159. The topological polar surface area (TPSA) is 68.3 Å². The van der Waals surface area contributed by atoms with Gasteiger partial charge in [0.1, 0.15) is 12.1 Å². The standard InChI is InChI=1S/C31H42N2O5/c1-7-9-10-11-12-13-18-33-25(8-2)30(34)32(3)26(31(33)35)19-22-14-16-23(17-15-22)24-20-27(36-4)29(38-6)28(21-24)37-5/h12-17,20-21,25-26H,7-11,18-19H2,1-6H3/b13-12+. The van der Waals surface area contributed by atoms with Crippen LogP contribution in [0, 0.1) is 0 Å². The fourth-order valence-electron chi connectivity index (χ4n) is 4.99. The molecule has 0 bridgehead atoms. The Morgan fingerprint density at radius 1 is 0.816 bits per heavy atom. The fraction of sp³-hybridized carbons (Fsp3) is 0.484. The van der Waals surface area contributed by atoms with Crippen LogP contribution in [0.15, 0.2) is 48.6 Å². The molecule has 1 heterocycles. The van der Waals surface area contributed by atoms with E-state index in [1.54, 1.807) is 38.2 Å². The minimum atomic E-state index is -0.522. The molecule has 7 heteroatoms. The molecule has 2 aromatic rings. The van der Waals surface area contributed by atoms with Crippen molar-refractivity contribution in [1.29, 1.82) is 0 Å². The molecule has 2 atom stereocenters. The van der Waals surface area contributed by atoms with Crippen molar-refractivity contribution in [3.8, 4) is 28.4 Å². The van der Waals surface area contributed by atoms with E-state index >= 15 is 0 Å². The van der Waals surface area contributed by atoms with Gasteiger partial charge in [0.25, 0.3) is 0 Å². The van der Waals surface area contributed by atoms with Crippen LogP contribution in [0.3, 0.4) is 0 Å². The molecular weight excluding hydrogens is 480 g/mol. The first-order valence-corrected chi connectivity index (χ1v) is 13.5. The summed E-state index contributed by atoms with van der Waals surface area (Å²) in [6, 6.07) is 10.9. The van der Waals surface area contributed by atoms with E-state index in [1.807, 2.05) is 49.4 Å². The Morgan fingerprint density at radius 2 is 1.47 bits per heavy atom. The smallest absolute Gasteiger partial charge is 0.246 e. The summed E-state index contributed by atoms with van der Waals surface area (Å²) in [5.41, 5.74) is 2.90. The van der Waals surface area contributed by atoms with Gasteiger partial charge in [-0.1, -0.05) is 63.1 Å². The molecule has 0 spiro atoms. The third-order valence-electron chi connectivity index (χ3n) is 7.26. The Labute approximate surface area is 227 Å². The maximum atomic E-state index is 13.6. The number of hydrogen-bond acceptors (Lipinski definition) is 5. The lowest BCUT2D eigenvalue weighted by Crippen LogP contribution is -2.63. The van der Waals surface area contributed by atoms with Crippen molar-refractivity contribution >= 4 is 11.8 Å². The Kier molecular flexibility index (Phi) is 10.6. The monoisotopic (exact) mass is 522 g/mol. The molecule has 7 nitrogen and oxygen atoms in total. The summed E-state index contributed by atoms with van der Waals surface area (Å²) in [4.78, 5) is 30.1. The van der Waals surface area contributed by atoms with Crippen molar-refractivity contribution in [2.45, 2.75) is 64.5 Å². The molecular formula is C31H42N2O5. The van der Waals surface area contributed by atoms with Crippen LogP contribution in [0.2, 0.25) is 0 Å². The van der Waals surface area contributed by atoms with E-state index in [-0.39, 0.29) is 11.8 Å². The summed E-state index contributed by atoms with van der Waals surface area (Å²) in [5, 5.41) is 0. The highest BCUT2D eigenvalue weighted by molar-refractivity contribution is 5.97. The normalized spacial score (nSPS) is 17.8. The van der Waals surface area contributed by atoms with E-state index in [2.05, 4.69) is 13.0 Å². The summed E-state index contributed by atoms with van der Waals surface area (Å²) in [7, 11) is 6.52. The van der Waals surface area contributed by atoms with Gasteiger partial charge in [-0.15, -0.1) is 0 Å². The number of carbonyl (C=O) groups is 2. The number of methoxy groups -OCH3 is 3. The molecule has 2 aromatic carbocycles. The molecule has 0 N–H and O–H groups in total. The third kappa shape index (κ3) is 6.50. The molecule has 206 valence electrons. The Hall–Kier alpha value is -3.48. The lowest BCUT2D eigenvalue weighted by Gasteiger charge is -2.43. The van der Waals surface area contributed by atoms with Crippen molar-refractivity contribution in [2.24, 2.45) is 0 Å². The summed E-state index contributed by atoms with van der Waals surface area (Å²) in [6.07, 6.45) is 9.78. The van der Waals surface area contributed by atoms with Gasteiger partial charge in [0.15, 0.2) is 11.5 Å². The predicted octanol–water partition coefficient (Wildman–Crippen LogP) is 5.51. The molecule has 2 amide bonds. The van der Waals surface area contributed by atoms with E-state index in [9.17, 15) is 9.59 Å². The van der Waals surface area contributed by atoms with Crippen LogP contribution in [0.5, 0.6) is 17.2 Å². The number of ether oxygens (including phenoxy) is 3. The van der Waals surface area contributed by atoms with Gasteiger partial charge in [-0.05, 0) is 48.1 Å². The zero-order chi connectivity index (χ0) is 27.7. The number of nitrogens with zero attached hydrogens (tertiary/aromatic N) is 2. The van der Waals surface area contributed by atoms with Crippen LogP contribution < -0.4 is 14.2 Å². The summed E-state index contributed by atoms with van der Waals surface area (Å²) >= 11 is 0. The van der Waals surface area contributed by atoms with Crippen LogP contribution in [0.4, 0.5) is 0 Å². The first kappa shape index (κ1) is 29.1. The van der Waals surface area contributed by atoms with E-state index in [1.165, 1.54) is 12.8 Å². The van der Waals surface area contributed by atoms with Crippen molar-refractivity contribution in [3.63, 3.8) is 0 Å². The minimum Gasteiger partial charge on any atom is -0.493 e. The molecule has 0 aromatic heterocycles. The number of likely N-dealkylation sites (N-methyl/N-ethyl adjacent to an activating group) is 1. The number of amides is 2. The van der Waals surface area contributed by atoms with Gasteiger partial charge < -0.3 is 24.0 Å². The van der Waals surface area contributed by atoms with Crippen molar-refractivity contribution in [3.05, 3.63) is 54.1 Å². The molecule has 1 aliphatic rings. The van der Waals surface area contributed by atoms with Crippen molar-refractivity contribution < 1.29 is 23.8 Å². The minimum absolute atomic E-state index is 0.00512. The van der Waals surface area contributed by atoms with Crippen LogP contribution in [0.25, 0.3) is 11.1 Å². The highest BCUT2D eigenvalue weighted by atomic mass is 16.5. The van der Waals surface area contributed by atoms with E-state index < -0.39 is 12.1 Å². The van der Waals surface area contributed by atoms with Gasteiger partial charge in [0.2, 0.25) is 17.6 Å². The van der Waals surface area contributed by atoms with Gasteiger partial charge >= 0.3 is 0 Å². The second kappa shape index (κ2) is 13.9. The first-order chi connectivity index (χ1) is 18.4. The van der Waals surface area contributed by atoms with Gasteiger partial charge in [-0.2, -0.15) is 0 Å². The van der Waals surface area contributed by atoms with E-state index in [0.29, 0.717) is 36.6 Å². The summed E-state index contributed by atoms with van der Waals surface area (Å²) in [5.74, 6) is 1.73. The Morgan fingerprint density at radius 3 is 2.03 bits per heavy atom. The molecule has 0 radical (unpaired) electrons. The van der Waals surface area contributed by atoms with Crippen molar-refractivity contribution in [2.75, 3.05) is 34.9 Å². The number of rotatable bonds is 13. The van der Waals surface area contributed by atoms with E-state index in [0.717, 1.165) is 29.5 Å². The zero-order valence-electron chi connectivity index (χ0n) is 23.7. The highest BCUT2D eigenvalue weighted by Crippen LogP contribution is 2.41. The molecule has 1 aliphatic heterocycles. The van der Waals surface area contributed by atoms with Crippen LogP contribution in [-0.2, 0) is 16.0 Å². The SMILES string of the molecule is CCCCC/C=C/CN1C(=O)C(Cc2ccc(-c3cc(OC)c(OC)c(OC)c3)cc2)N(C)C(=O)C1CC. The molecule has 2 unspecified atom stereocenters. The maximum Gasteiger partial charge on any atom is 0.246 e. The van der Waals surface area contributed by atoms with Crippen LogP contribution in [-0.4, -0.2) is 68.6 Å².